The Morgan fingerprint density at radius 1 is 1.08 bits per heavy atom. The third-order valence-corrected chi connectivity index (χ3v) is 6.40. The number of carboxylic acid groups (broad SMARTS) is 1. The highest BCUT2D eigenvalue weighted by atomic mass is 16.6. The number of fused-ring (bicyclic) bond motifs is 1. The first-order chi connectivity index (χ1) is 18.0. The number of phenols is 1. The number of carboxylic acids is 1. The molecule has 4 rings (SSSR count). The Balaban J connectivity index is 1.50. The molecule has 0 bridgehead atoms. The van der Waals surface area contributed by atoms with Crippen molar-refractivity contribution < 1.29 is 49.0 Å². The van der Waals surface area contributed by atoms with E-state index in [1.807, 2.05) is 0 Å². The van der Waals surface area contributed by atoms with Crippen molar-refractivity contribution in [3.8, 4) is 16.9 Å². The van der Waals surface area contributed by atoms with Crippen molar-refractivity contribution in [2.45, 2.75) is 44.0 Å². The number of hydrogen-bond donors (Lipinski definition) is 5. The van der Waals surface area contributed by atoms with Crippen LogP contribution in [-0.4, -0.2) is 61.9 Å². The minimum absolute atomic E-state index is 0.0773. The Hall–Kier alpha value is -4.35. The van der Waals surface area contributed by atoms with E-state index in [9.17, 15) is 34.8 Å². The van der Waals surface area contributed by atoms with E-state index >= 15 is 0 Å². The molecule has 1 aliphatic heterocycles. The quantitative estimate of drug-likeness (QED) is 0.215. The smallest absolute Gasteiger partial charge is 0.317 e. The highest BCUT2D eigenvalue weighted by Gasteiger charge is 2.45. The van der Waals surface area contributed by atoms with Crippen LogP contribution in [0.1, 0.15) is 25.3 Å². The number of esters is 1. The highest BCUT2D eigenvalue weighted by molar-refractivity contribution is 5.90. The van der Waals surface area contributed by atoms with Crippen molar-refractivity contribution >= 4 is 22.9 Å². The average Bonchev–Trinajstić information content (AvgIpc) is 2.88. The van der Waals surface area contributed by atoms with Crippen molar-refractivity contribution in [2.75, 3.05) is 6.61 Å². The minimum Gasteiger partial charge on any atom is -0.508 e. The summed E-state index contributed by atoms with van der Waals surface area (Å²) in [6.07, 6.45) is -2.04. The second-order valence-electron chi connectivity index (χ2n) is 9.18. The first-order valence-electron chi connectivity index (χ1n) is 11.7. The molecule has 5 N–H and O–H groups in total. The molecule has 11 heteroatoms. The number of aryl methyl sites for hydroxylation is 1. The summed E-state index contributed by atoms with van der Waals surface area (Å²) in [5.41, 5.74) is 0.290. The molecular formula is C27H26O11. The van der Waals surface area contributed by atoms with Gasteiger partial charge in [0.05, 0.1) is 10.9 Å². The summed E-state index contributed by atoms with van der Waals surface area (Å²) < 4.78 is 16.3. The Bertz CT molecular complexity index is 1450. The first-order valence-corrected chi connectivity index (χ1v) is 11.7. The molecule has 1 aliphatic rings. The van der Waals surface area contributed by atoms with Gasteiger partial charge in [-0.05, 0) is 55.2 Å². The number of aliphatic hydroxyl groups is 3. The summed E-state index contributed by atoms with van der Waals surface area (Å²) in [4.78, 5) is 35.2. The number of aliphatic carboxylic acids is 1. The molecule has 0 spiro atoms. The zero-order valence-electron chi connectivity index (χ0n) is 20.3. The van der Waals surface area contributed by atoms with Gasteiger partial charge in [0, 0.05) is 0 Å². The van der Waals surface area contributed by atoms with Crippen LogP contribution in [0.25, 0.3) is 22.1 Å². The summed E-state index contributed by atoms with van der Waals surface area (Å²) in [6.45, 7) is 0.951. The summed E-state index contributed by atoms with van der Waals surface area (Å²) in [5.74, 6) is -3.66. The van der Waals surface area contributed by atoms with Crippen LogP contribution in [0.3, 0.4) is 0 Å². The van der Waals surface area contributed by atoms with Gasteiger partial charge in [0.15, 0.2) is 16.9 Å². The van der Waals surface area contributed by atoms with Crippen LogP contribution >= 0.6 is 0 Å². The summed E-state index contributed by atoms with van der Waals surface area (Å²) >= 11 is 0. The van der Waals surface area contributed by atoms with Gasteiger partial charge in [-0.25, -0.2) is 0 Å². The van der Waals surface area contributed by atoms with E-state index in [2.05, 4.69) is 0 Å². The fourth-order valence-corrected chi connectivity index (χ4v) is 4.24. The predicted octanol–water partition coefficient (Wildman–Crippen LogP) is 2.96. The van der Waals surface area contributed by atoms with Crippen LogP contribution in [0.15, 0.2) is 69.5 Å². The number of benzene rings is 2. The maximum atomic E-state index is 13.0. The monoisotopic (exact) mass is 526 g/mol. The lowest BCUT2D eigenvalue weighted by Gasteiger charge is -2.40. The number of ether oxygens (including phenoxy) is 2. The molecule has 0 amide bonds. The summed E-state index contributed by atoms with van der Waals surface area (Å²) in [6, 6.07) is 11.2. The van der Waals surface area contributed by atoms with Crippen LogP contribution in [0.2, 0.25) is 0 Å². The molecule has 2 unspecified atom stereocenters. The predicted molar refractivity (Wildman–Crippen MR) is 133 cm³/mol. The maximum absolute atomic E-state index is 13.0. The Kier molecular flexibility index (Phi) is 7.42. The van der Waals surface area contributed by atoms with Crippen LogP contribution < -0.4 is 5.43 Å². The van der Waals surface area contributed by atoms with Crippen molar-refractivity contribution in [3.63, 3.8) is 0 Å². The van der Waals surface area contributed by atoms with Crippen molar-refractivity contribution in [2.24, 2.45) is 0 Å². The molecule has 2 aromatic carbocycles. The van der Waals surface area contributed by atoms with Gasteiger partial charge in [-0.15, -0.1) is 0 Å². The standard InChI is InChI=1S/C27H26O11/c1-27(26(35)25(34)24(33)20(38-27)13-37-22(31)11-21(29)30)9-8-14-2-7-17-19(10-14)36-12-18(23(17)32)15-3-5-16(28)6-4-15/h2-7,10,12,20,24,28,33-35H,8-9,11,13H2,1H3,(H,29,30)/t20?,24-,27?/m1/s1. The van der Waals surface area contributed by atoms with Crippen LogP contribution in [-0.2, 0) is 25.5 Å². The third kappa shape index (κ3) is 5.48. The minimum atomic E-state index is -1.68. The van der Waals surface area contributed by atoms with Crippen LogP contribution in [0, 0.1) is 0 Å². The number of rotatable bonds is 8. The Morgan fingerprint density at radius 2 is 1.79 bits per heavy atom. The number of phenolic OH excluding ortho intramolecular Hbond substituents is 1. The van der Waals surface area contributed by atoms with Gasteiger partial charge in [-0.2, -0.15) is 0 Å². The SMILES string of the molecule is CC1(CCc2ccc3c(=O)c(-c4ccc(O)cc4)coc3c2)OC(COC(=O)CC(=O)O)[C@@H](O)C(O)=C1O. The van der Waals surface area contributed by atoms with Crippen molar-refractivity contribution in [1.82, 2.24) is 0 Å². The molecule has 0 saturated heterocycles. The molecule has 3 aromatic rings. The van der Waals surface area contributed by atoms with Gasteiger partial charge in [0.2, 0.25) is 0 Å². The van der Waals surface area contributed by atoms with Gasteiger partial charge in [0.1, 0.15) is 48.4 Å². The van der Waals surface area contributed by atoms with E-state index in [4.69, 9.17) is 19.0 Å². The molecule has 0 radical (unpaired) electrons. The molecule has 0 fully saturated rings. The van der Waals surface area contributed by atoms with Crippen molar-refractivity contribution in [3.05, 3.63) is 76.0 Å². The highest BCUT2D eigenvalue weighted by Crippen LogP contribution is 2.36. The molecule has 0 saturated carbocycles. The number of hydrogen-bond acceptors (Lipinski definition) is 10. The van der Waals surface area contributed by atoms with E-state index < -0.39 is 54.3 Å². The molecule has 1 aromatic heterocycles. The molecule has 38 heavy (non-hydrogen) atoms. The largest absolute Gasteiger partial charge is 0.508 e. The number of aromatic hydroxyl groups is 1. The molecule has 2 heterocycles. The van der Waals surface area contributed by atoms with Gasteiger partial charge in [0.25, 0.3) is 0 Å². The first kappa shape index (κ1) is 26.7. The molecule has 0 aliphatic carbocycles. The molecule has 3 atom stereocenters. The third-order valence-electron chi connectivity index (χ3n) is 6.40. The second-order valence-corrected chi connectivity index (χ2v) is 9.18. The van der Waals surface area contributed by atoms with Gasteiger partial charge in [-0.3, -0.25) is 14.4 Å². The number of carbonyl (C=O) groups excluding carboxylic acids is 1. The van der Waals surface area contributed by atoms with Gasteiger partial charge >= 0.3 is 11.9 Å². The van der Waals surface area contributed by atoms with Gasteiger partial charge in [-0.1, -0.05) is 18.2 Å². The summed E-state index contributed by atoms with van der Waals surface area (Å²) in [5, 5.41) is 49.5. The van der Waals surface area contributed by atoms with Crippen LogP contribution in [0.5, 0.6) is 5.75 Å². The van der Waals surface area contributed by atoms with Gasteiger partial charge < -0.3 is 39.4 Å². The van der Waals surface area contributed by atoms with E-state index in [-0.39, 0.29) is 17.6 Å². The second kappa shape index (κ2) is 10.6. The summed E-state index contributed by atoms with van der Waals surface area (Å²) in [7, 11) is 0. The molecule has 200 valence electrons. The number of aliphatic hydroxyl groups excluding tert-OH is 3. The molecule has 11 nitrogen and oxygen atoms in total. The van der Waals surface area contributed by atoms with E-state index in [1.54, 1.807) is 30.3 Å². The van der Waals surface area contributed by atoms with E-state index in [1.165, 1.54) is 25.3 Å². The Labute approximate surface area is 215 Å². The Morgan fingerprint density at radius 3 is 2.47 bits per heavy atom. The lowest BCUT2D eigenvalue weighted by atomic mass is 9.89. The fourth-order valence-electron chi connectivity index (χ4n) is 4.24. The zero-order valence-corrected chi connectivity index (χ0v) is 20.3. The van der Waals surface area contributed by atoms with Crippen molar-refractivity contribution in [1.29, 1.82) is 0 Å². The maximum Gasteiger partial charge on any atom is 0.317 e. The van der Waals surface area contributed by atoms with E-state index in [0.29, 0.717) is 28.5 Å². The average molecular weight is 526 g/mol. The zero-order chi connectivity index (χ0) is 27.6. The fraction of sp³-hybridized carbons (Fsp3) is 0.296. The lowest BCUT2D eigenvalue weighted by Crippen LogP contribution is -2.50. The van der Waals surface area contributed by atoms with Crippen LogP contribution in [0.4, 0.5) is 0 Å². The topological polar surface area (TPSA) is 184 Å². The lowest BCUT2D eigenvalue weighted by molar-refractivity contribution is -0.178. The van der Waals surface area contributed by atoms with E-state index in [0.717, 1.165) is 5.56 Å². The molecular weight excluding hydrogens is 500 g/mol. The number of carbonyl (C=O) groups is 2. The normalized spacial score (nSPS) is 21.4.